The zero-order chi connectivity index (χ0) is 21.8. The van der Waals surface area contributed by atoms with E-state index in [1.165, 1.54) is 0 Å². The van der Waals surface area contributed by atoms with Crippen LogP contribution in [0, 0.1) is 5.41 Å². The number of aromatic amines is 1. The molecular formula is C24H23ClN4O2. The fourth-order valence-corrected chi connectivity index (χ4v) is 4.70. The standard InChI is InChI=1S/C24H23ClN4O2/c1-24(2)11-15-18(17(31)12-24)20(26-14-9-6-10-16(30)19(14)27-15)21-22(25)29-23(28-21)13-7-4-3-5-8-13/h3-10,20,26-27,30H,11-12H2,1-2H3,(H,28,29). The number of rotatable bonds is 2. The van der Waals surface area contributed by atoms with Crippen LogP contribution in [0.4, 0.5) is 11.4 Å². The summed E-state index contributed by atoms with van der Waals surface area (Å²) >= 11 is 6.59. The highest BCUT2D eigenvalue weighted by Crippen LogP contribution is 2.48. The lowest BCUT2D eigenvalue weighted by molar-refractivity contribution is -0.118. The molecule has 0 fully saturated rings. The molecule has 158 valence electrons. The van der Waals surface area contributed by atoms with Crippen LogP contribution < -0.4 is 10.6 Å². The number of para-hydroxylation sites is 1. The van der Waals surface area contributed by atoms with Gasteiger partial charge >= 0.3 is 0 Å². The summed E-state index contributed by atoms with van der Waals surface area (Å²) in [5.74, 6) is 0.811. The van der Waals surface area contributed by atoms with Gasteiger partial charge in [-0.1, -0.05) is 61.8 Å². The highest BCUT2D eigenvalue weighted by molar-refractivity contribution is 6.30. The predicted octanol–water partition coefficient (Wildman–Crippen LogP) is 5.66. The summed E-state index contributed by atoms with van der Waals surface area (Å²) in [6, 6.07) is 14.5. The molecule has 7 heteroatoms. The Hall–Kier alpha value is -3.25. The van der Waals surface area contributed by atoms with Crippen molar-refractivity contribution in [3.63, 3.8) is 0 Å². The molecule has 1 aliphatic heterocycles. The number of fused-ring (bicyclic) bond motifs is 1. The average molecular weight is 435 g/mol. The van der Waals surface area contributed by atoms with Crippen LogP contribution >= 0.6 is 11.6 Å². The van der Waals surface area contributed by atoms with Crippen molar-refractivity contribution in [2.45, 2.75) is 32.7 Å². The maximum absolute atomic E-state index is 13.3. The van der Waals surface area contributed by atoms with E-state index in [0.29, 0.717) is 46.5 Å². The van der Waals surface area contributed by atoms with Gasteiger partial charge in [-0.15, -0.1) is 0 Å². The Labute approximate surface area is 185 Å². The van der Waals surface area contributed by atoms with Crippen LogP contribution in [-0.2, 0) is 4.79 Å². The number of H-pyrrole nitrogens is 1. The number of hydrogen-bond acceptors (Lipinski definition) is 5. The highest BCUT2D eigenvalue weighted by Gasteiger charge is 2.40. The lowest BCUT2D eigenvalue weighted by Crippen LogP contribution is -2.31. The number of anilines is 2. The molecule has 0 bridgehead atoms. The van der Waals surface area contributed by atoms with Crippen molar-refractivity contribution < 1.29 is 9.90 Å². The zero-order valence-electron chi connectivity index (χ0n) is 17.3. The number of ketones is 1. The molecule has 0 saturated heterocycles. The number of phenolic OH excluding ortho intramolecular Hbond substituents is 1. The lowest BCUT2D eigenvalue weighted by Gasteiger charge is -2.33. The molecule has 1 atom stereocenters. The topological polar surface area (TPSA) is 90.0 Å². The first kappa shape index (κ1) is 19.7. The van der Waals surface area contributed by atoms with Crippen LogP contribution in [0.2, 0.25) is 5.15 Å². The van der Waals surface area contributed by atoms with Crippen LogP contribution in [0.15, 0.2) is 59.8 Å². The number of allylic oxidation sites excluding steroid dienone is 1. The molecule has 2 aromatic carbocycles. The summed E-state index contributed by atoms with van der Waals surface area (Å²) in [7, 11) is 0. The molecule has 6 nitrogen and oxygen atoms in total. The van der Waals surface area contributed by atoms with Gasteiger partial charge in [0.1, 0.15) is 23.3 Å². The number of phenols is 1. The number of aromatic hydroxyl groups is 1. The third-order valence-corrected chi connectivity index (χ3v) is 6.14. The van der Waals surface area contributed by atoms with E-state index >= 15 is 0 Å². The zero-order valence-corrected chi connectivity index (χ0v) is 18.0. The van der Waals surface area contributed by atoms with Crippen LogP contribution in [0.1, 0.15) is 38.4 Å². The molecule has 2 heterocycles. The number of imidazole rings is 1. The van der Waals surface area contributed by atoms with Gasteiger partial charge < -0.3 is 20.7 Å². The summed E-state index contributed by atoms with van der Waals surface area (Å²) in [5.41, 5.74) is 4.02. The molecule has 4 N–H and O–H groups in total. The van der Waals surface area contributed by atoms with Crippen LogP contribution in [-0.4, -0.2) is 20.9 Å². The van der Waals surface area contributed by atoms with Gasteiger partial charge in [-0.25, -0.2) is 4.98 Å². The second-order valence-electron chi connectivity index (χ2n) is 8.89. The summed E-state index contributed by atoms with van der Waals surface area (Å²) < 4.78 is 0. The second-order valence-corrected chi connectivity index (χ2v) is 9.25. The number of aromatic nitrogens is 2. The minimum atomic E-state index is -0.522. The van der Waals surface area contributed by atoms with Crippen molar-refractivity contribution >= 4 is 28.8 Å². The van der Waals surface area contributed by atoms with Crippen molar-refractivity contribution in [2.24, 2.45) is 5.41 Å². The fraction of sp³-hybridized carbons (Fsp3) is 0.250. The van der Waals surface area contributed by atoms with Gasteiger partial charge in [-0.2, -0.15) is 0 Å². The van der Waals surface area contributed by atoms with Gasteiger partial charge in [0.2, 0.25) is 0 Å². The molecule has 1 unspecified atom stereocenters. The summed E-state index contributed by atoms with van der Waals surface area (Å²) in [6.45, 7) is 4.15. The van der Waals surface area contributed by atoms with Crippen molar-refractivity contribution in [3.8, 4) is 17.1 Å². The Morgan fingerprint density at radius 1 is 1.10 bits per heavy atom. The van der Waals surface area contributed by atoms with E-state index in [2.05, 4.69) is 34.4 Å². The van der Waals surface area contributed by atoms with Crippen molar-refractivity contribution in [3.05, 3.63) is 70.6 Å². The normalized spacial score (nSPS) is 19.7. The Morgan fingerprint density at radius 3 is 2.65 bits per heavy atom. The largest absolute Gasteiger partial charge is 0.506 e. The smallest absolute Gasteiger partial charge is 0.163 e. The van der Waals surface area contributed by atoms with Gasteiger partial charge in [0.15, 0.2) is 10.9 Å². The number of nitrogens with one attached hydrogen (secondary N) is 3. The molecular weight excluding hydrogens is 412 g/mol. The third kappa shape index (κ3) is 3.47. The molecule has 1 aromatic heterocycles. The molecule has 31 heavy (non-hydrogen) atoms. The number of Topliss-reactive ketones (excluding diaryl/α,β-unsaturated/α-hetero) is 1. The van der Waals surface area contributed by atoms with Crippen LogP contribution in [0.25, 0.3) is 11.4 Å². The highest BCUT2D eigenvalue weighted by atomic mass is 35.5. The first-order valence-corrected chi connectivity index (χ1v) is 10.6. The van der Waals surface area contributed by atoms with Crippen LogP contribution in [0.5, 0.6) is 5.75 Å². The summed E-state index contributed by atoms with van der Waals surface area (Å²) in [4.78, 5) is 21.2. The lowest BCUT2D eigenvalue weighted by atomic mass is 9.74. The Bertz CT molecular complexity index is 1210. The van der Waals surface area contributed by atoms with Crippen LogP contribution in [0.3, 0.4) is 0 Å². The van der Waals surface area contributed by atoms with Gasteiger partial charge in [-0.05, 0) is 24.0 Å². The van der Waals surface area contributed by atoms with Gasteiger partial charge in [0.25, 0.3) is 0 Å². The molecule has 1 aliphatic carbocycles. The SMILES string of the molecule is CC1(C)CC(=O)C2=C(C1)Nc1c(O)cccc1NC2c1[nH]c(-c2ccccc2)nc1Cl. The number of nitrogens with zero attached hydrogens (tertiary/aromatic N) is 1. The second kappa shape index (κ2) is 7.17. The van der Waals surface area contributed by atoms with Gasteiger partial charge in [-0.3, -0.25) is 4.79 Å². The molecule has 0 amide bonds. The molecule has 3 aromatic rings. The monoisotopic (exact) mass is 434 g/mol. The van der Waals surface area contributed by atoms with Gasteiger partial charge in [0.05, 0.1) is 11.4 Å². The van der Waals surface area contributed by atoms with E-state index in [0.717, 1.165) is 11.3 Å². The van der Waals surface area contributed by atoms with Crippen molar-refractivity contribution in [2.75, 3.05) is 10.6 Å². The van der Waals surface area contributed by atoms with E-state index in [9.17, 15) is 9.90 Å². The summed E-state index contributed by atoms with van der Waals surface area (Å²) in [5, 5.41) is 17.5. The fourth-order valence-electron chi connectivity index (χ4n) is 4.46. The van der Waals surface area contributed by atoms with E-state index < -0.39 is 6.04 Å². The maximum atomic E-state index is 13.3. The van der Waals surface area contributed by atoms with E-state index in [1.807, 2.05) is 36.4 Å². The third-order valence-electron chi connectivity index (χ3n) is 5.85. The number of halogens is 1. The molecule has 5 rings (SSSR count). The molecule has 0 spiro atoms. The Morgan fingerprint density at radius 2 is 1.87 bits per heavy atom. The number of carbonyl (C=O) groups excluding carboxylic acids is 1. The predicted molar refractivity (Wildman–Crippen MR) is 122 cm³/mol. The minimum Gasteiger partial charge on any atom is -0.506 e. The molecule has 0 radical (unpaired) electrons. The maximum Gasteiger partial charge on any atom is 0.163 e. The van der Waals surface area contributed by atoms with Gasteiger partial charge in [0, 0.05) is 23.3 Å². The minimum absolute atomic E-state index is 0.0514. The van der Waals surface area contributed by atoms with E-state index in [1.54, 1.807) is 12.1 Å². The quantitative estimate of drug-likeness (QED) is 0.391. The first-order chi connectivity index (χ1) is 14.8. The average Bonchev–Trinajstić information content (AvgIpc) is 3.01. The van der Waals surface area contributed by atoms with E-state index in [4.69, 9.17) is 11.6 Å². The van der Waals surface area contributed by atoms with Crippen molar-refractivity contribution in [1.82, 2.24) is 9.97 Å². The van der Waals surface area contributed by atoms with Crippen molar-refractivity contribution in [1.29, 1.82) is 0 Å². The number of benzene rings is 2. The molecule has 2 aliphatic rings. The summed E-state index contributed by atoms with van der Waals surface area (Å²) in [6.07, 6.45) is 1.11. The Kier molecular flexibility index (Phi) is 4.55. The first-order valence-electron chi connectivity index (χ1n) is 10.2. The van der Waals surface area contributed by atoms with E-state index in [-0.39, 0.29) is 16.9 Å². The number of carbonyl (C=O) groups is 1. The Balaban J connectivity index is 1.68. The number of hydrogen-bond donors (Lipinski definition) is 4. The molecule has 0 saturated carbocycles.